The minimum Gasteiger partial charge on any atom is -0.494 e. The first-order valence-electron chi connectivity index (χ1n) is 8.14. The Morgan fingerprint density at radius 2 is 1.68 bits per heavy atom. The molecule has 0 fully saturated rings. The van der Waals surface area contributed by atoms with Crippen molar-refractivity contribution < 1.29 is 14.3 Å². The first-order chi connectivity index (χ1) is 12.0. The molecule has 0 aliphatic rings. The number of ether oxygens (including phenoxy) is 1. The van der Waals surface area contributed by atoms with Gasteiger partial charge in [0, 0.05) is 0 Å². The molecule has 6 nitrogen and oxygen atoms in total. The first-order valence-corrected chi connectivity index (χ1v) is 8.14. The fourth-order valence-corrected chi connectivity index (χ4v) is 2.32. The van der Waals surface area contributed by atoms with Crippen molar-refractivity contribution in [2.75, 3.05) is 23.8 Å². The topological polar surface area (TPSA) is 93.5 Å². The van der Waals surface area contributed by atoms with E-state index < -0.39 is 0 Å². The van der Waals surface area contributed by atoms with E-state index in [0.717, 1.165) is 16.9 Å². The van der Waals surface area contributed by atoms with E-state index in [1.807, 2.05) is 44.2 Å². The fourth-order valence-electron chi connectivity index (χ4n) is 2.32. The van der Waals surface area contributed by atoms with Crippen LogP contribution in [0.5, 0.6) is 5.75 Å². The lowest BCUT2D eigenvalue weighted by atomic mass is 10.1. The number of benzene rings is 2. The van der Waals surface area contributed by atoms with Crippen LogP contribution < -0.4 is 21.1 Å². The number of hydrogen-bond donors (Lipinski definition) is 3. The second-order valence-corrected chi connectivity index (χ2v) is 5.60. The number of carbonyl (C=O) groups excluding carboxylic acids is 2. The number of hydrogen-bond acceptors (Lipinski definition) is 4. The second-order valence-electron chi connectivity index (χ2n) is 5.60. The molecule has 4 N–H and O–H groups in total. The van der Waals surface area contributed by atoms with Crippen molar-refractivity contribution in [2.45, 2.75) is 20.3 Å². The lowest BCUT2D eigenvalue weighted by Crippen LogP contribution is -2.23. The van der Waals surface area contributed by atoms with Crippen LogP contribution in [0, 0.1) is 6.92 Å². The van der Waals surface area contributed by atoms with Gasteiger partial charge in [0.25, 0.3) is 0 Å². The SMILES string of the molecule is CCOc1ccc(CC(=O)Nc2ccc(C)cc2NC(=O)CN)cc1. The van der Waals surface area contributed by atoms with Gasteiger partial charge in [-0.25, -0.2) is 0 Å². The van der Waals surface area contributed by atoms with Crippen molar-refractivity contribution in [2.24, 2.45) is 5.73 Å². The van der Waals surface area contributed by atoms with E-state index in [0.29, 0.717) is 18.0 Å². The molecule has 2 aromatic carbocycles. The zero-order chi connectivity index (χ0) is 18.2. The number of amides is 2. The van der Waals surface area contributed by atoms with Crippen LogP contribution in [0.1, 0.15) is 18.1 Å². The van der Waals surface area contributed by atoms with Gasteiger partial charge in [0.05, 0.1) is 30.9 Å². The normalized spacial score (nSPS) is 10.2. The third kappa shape index (κ3) is 5.61. The van der Waals surface area contributed by atoms with E-state index in [1.54, 1.807) is 12.1 Å². The Kier molecular flexibility index (Phi) is 6.54. The molecule has 0 atom stereocenters. The van der Waals surface area contributed by atoms with Gasteiger partial charge in [-0.05, 0) is 49.2 Å². The molecular formula is C19H23N3O3. The Hall–Kier alpha value is -2.86. The molecule has 0 unspecified atom stereocenters. The molecule has 132 valence electrons. The largest absolute Gasteiger partial charge is 0.494 e. The Labute approximate surface area is 147 Å². The summed E-state index contributed by atoms with van der Waals surface area (Å²) < 4.78 is 5.39. The highest BCUT2D eigenvalue weighted by Crippen LogP contribution is 2.23. The minimum atomic E-state index is -0.312. The highest BCUT2D eigenvalue weighted by Gasteiger charge is 2.10. The molecule has 0 heterocycles. The van der Waals surface area contributed by atoms with Crippen molar-refractivity contribution in [3.05, 3.63) is 53.6 Å². The van der Waals surface area contributed by atoms with Gasteiger partial charge >= 0.3 is 0 Å². The van der Waals surface area contributed by atoms with E-state index in [9.17, 15) is 9.59 Å². The highest BCUT2D eigenvalue weighted by molar-refractivity contribution is 6.00. The summed E-state index contributed by atoms with van der Waals surface area (Å²) in [6, 6.07) is 12.8. The van der Waals surface area contributed by atoms with Crippen molar-refractivity contribution >= 4 is 23.2 Å². The summed E-state index contributed by atoms with van der Waals surface area (Å²) in [6.07, 6.45) is 0.227. The van der Waals surface area contributed by atoms with Gasteiger partial charge in [-0.1, -0.05) is 18.2 Å². The van der Waals surface area contributed by atoms with Crippen LogP contribution in [0.4, 0.5) is 11.4 Å². The molecule has 0 bridgehead atoms. The van der Waals surface area contributed by atoms with Crippen molar-refractivity contribution in [1.29, 1.82) is 0 Å². The van der Waals surface area contributed by atoms with E-state index in [-0.39, 0.29) is 24.8 Å². The summed E-state index contributed by atoms with van der Waals surface area (Å²) in [6.45, 7) is 4.31. The summed E-state index contributed by atoms with van der Waals surface area (Å²) >= 11 is 0. The zero-order valence-electron chi connectivity index (χ0n) is 14.5. The highest BCUT2D eigenvalue weighted by atomic mass is 16.5. The molecule has 0 aliphatic heterocycles. The van der Waals surface area contributed by atoms with Crippen LogP contribution in [-0.4, -0.2) is 25.0 Å². The van der Waals surface area contributed by atoms with Gasteiger partial charge < -0.3 is 21.1 Å². The summed E-state index contributed by atoms with van der Waals surface area (Å²) in [5.41, 5.74) is 8.26. The lowest BCUT2D eigenvalue weighted by molar-refractivity contribution is -0.116. The average Bonchev–Trinajstić information content (AvgIpc) is 2.59. The quantitative estimate of drug-likeness (QED) is 0.721. The molecule has 2 rings (SSSR count). The van der Waals surface area contributed by atoms with Crippen LogP contribution in [0.2, 0.25) is 0 Å². The van der Waals surface area contributed by atoms with Crippen molar-refractivity contribution in [3.63, 3.8) is 0 Å². The molecule has 2 amide bonds. The number of aryl methyl sites for hydroxylation is 1. The minimum absolute atomic E-state index is 0.118. The number of rotatable bonds is 7. The fraction of sp³-hybridized carbons (Fsp3) is 0.263. The number of anilines is 2. The standard InChI is InChI=1S/C19H23N3O3/c1-3-25-15-7-5-14(6-8-15)11-18(23)21-16-9-4-13(2)10-17(16)22-19(24)12-20/h4-10H,3,11-12,20H2,1-2H3,(H,21,23)(H,22,24). The maximum atomic E-state index is 12.3. The Bertz CT molecular complexity index is 742. The number of carbonyl (C=O) groups is 2. The van der Waals surface area contributed by atoms with Gasteiger partial charge in [0.2, 0.25) is 11.8 Å². The molecule has 0 aliphatic carbocycles. The van der Waals surface area contributed by atoms with Crippen LogP contribution in [0.3, 0.4) is 0 Å². The molecule has 0 spiro atoms. The summed E-state index contributed by atoms with van der Waals surface area (Å²) in [7, 11) is 0. The maximum absolute atomic E-state index is 12.3. The molecule has 25 heavy (non-hydrogen) atoms. The van der Waals surface area contributed by atoms with Gasteiger partial charge in [-0.2, -0.15) is 0 Å². The van der Waals surface area contributed by atoms with E-state index >= 15 is 0 Å². The zero-order valence-corrected chi connectivity index (χ0v) is 14.5. The third-order valence-corrected chi connectivity index (χ3v) is 3.51. The third-order valence-electron chi connectivity index (χ3n) is 3.51. The maximum Gasteiger partial charge on any atom is 0.238 e. The van der Waals surface area contributed by atoms with E-state index in [1.165, 1.54) is 0 Å². The Balaban J connectivity index is 2.05. The molecular weight excluding hydrogens is 318 g/mol. The summed E-state index contributed by atoms with van der Waals surface area (Å²) in [5, 5.41) is 5.53. The predicted octanol–water partition coefficient (Wildman–Crippen LogP) is 2.47. The van der Waals surface area contributed by atoms with Gasteiger partial charge in [0.15, 0.2) is 0 Å². The second kappa shape index (κ2) is 8.84. The van der Waals surface area contributed by atoms with E-state index in [4.69, 9.17) is 10.5 Å². The average molecular weight is 341 g/mol. The molecule has 0 aromatic heterocycles. The van der Waals surface area contributed by atoms with Crippen LogP contribution >= 0.6 is 0 Å². The molecule has 0 saturated heterocycles. The monoisotopic (exact) mass is 341 g/mol. The Morgan fingerprint density at radius 3 is 2.32 bits per heavy atom. The van der Waals surface area contributed by atoms with Gasteiger partial charge in [-0.15, -0.1) is 0 Å². The van der Waals surface area contributed by atoms with Crippen molar-refractivity contribution in [3.8, 4) is 5.75 Å². The van der Waals surface area contributed by atoms with Gasteiger partial charge in [-0.3, -0.25) is 9.59 Å². The molecule has 0 radical (unpaired) electrons. The van der Waals surface area contributed by atoms with Crippen LogP contribution in [-0.2, 0) is 16.0 Å². The van der Waals surface area contributed by atoms with Crippen molar-refractivity contribution in [1.82, 2.24) is 0 Å². The molecule has 2 aromatic rings. The van der Waals surface area contributed by atoms with Gasteiger partial charge in [0.1, 0.15) is 5.75 Å². The smallest absolute Gasteiger partial charge is 0.238 e. The molecule has 0 saturated carbocycles. The predicted molar refractivity (Wildman–Crippen MR) is 98.8 cm³/mol. The Morgan fingerprint density at radius 1 is 1.00 bits per heavy atom. The number of nitrogens with one attached hydrogen (secondary N) is 2. The van der Waals surface area contributed by atoms with Crippen LogP contribution in [0.15, 0.2) is 42.5 Å². The summed E-state index contributed by atoms with van der Waals surface area (Å²) in [5.74, 6) is 0.292. The van der Waals surface area contributed by atoms with E-state index in [2.05, 4.69) is 10.6 Å². The van der Waals surface area contributed by atoms with Crippen LogP contribution in [0.25, 0.3) is 0 Å². The number of nitrogens with two attached hydrogens (primary N) is 1. The first kappa shape index (κ1) is 18.5. The summed E-state index contributed by atoms with van der Waals surface area (Å²) in [4.78, 5) is 23.9. The lowest BCUT2D eigenvalue weighted by Gasteiger charge is -2.13. The molecule has 6 heteroatoms.